The highest BCUT2D eigenvalue weighted by atomic mass is 35.5. The highest BCUT2D eigenvalue weighted by Crippen LogP contribution is 2.36. The molecule has 0 bridgehead atoms. The van der Waals surface area contributed by atoms with Gasteiger partial charge in [0.2, 0.25) is 5.95 Å². The fourth-order valence-corrected chi connectivity index (χ4v) is 4.90. The quantitative estimate of drug-likeness (QED) is 0.460. The van der Waals surface area contributed by atoms with Crippen molar-refractivity contribution >= 4 is 34.4 Å². The molecule has 7 nitrogen and oxygen atoms in total. The van der Waals surface area contributed by atoms with E-state index in [2.05, 4.69) is 11.8 Å². The SMILES string of the molecule is Cc1cccc(Cn2c(=O)c3c(nc4n3C[C@H](C)CN4c3cccc(Cl)c3C)n(C)c2=O)c1. The van der Waals surface area contributed by atoms with Gasteiger partial charge in [-0.25, -0.2) is 4.79 Å². The Balaban J connectivity index is 1.74. The minimum Gasteiger partial charge on any atom is -0.311 e. The lowest BCUT2D eigenvalue weighted by Gasteiger charge is -2.34. The summed E-state index contributed by atoms with van der Waals surface area (Å²) in [6.07, 6.45) is 0. The summed E-state index contributed by atoms with van der Waals surface area (Å²) in [5, 5.41) is 0.682. The molecule has 0 N–H and O–H groups in total. The number of hydrogen-bond donors (Lipinski definition) is 0. The Bertz CT molecular complexity index is 1510. The van der Waals surface area contributed by atoms with Crippen LogP contribution in [0.15, 0.2) is 52.1 Å². The zero-order valence-electron chi connectivity index (χ0n) is 19.2. The van der Waals surface area contributed by atoms with Crippen molar-refractivity contribution in [2.24, 2.45) is 13.0 Å². The van der Waals surface area contributed by atoms with E-state index in [9.17, 15) is 9.59 Å². The number of imidazole rings is 1. The molecule has 3 heterocycles. The van der Waals surface area contributed by atoms with Crippen molar-refractivity contribution in [2.75, 3.05) is 11.4 Å². The van der Waals surface area contributed by atoms with Crippen LogP contribution >= 0.6 is 11.6 Å². The normalized spacial score (nSPS) is 15.8. The third-order valence-electron chi connectivity index (χ3n) is 6.40. The van der Waals surface area contributed by atoms with E-state index >= 15 is 0 Å². The van der Waals surface area contributed by atoms with E-state index in [-0.39, 0.29) is 23.7 Å². The number of hydrogen-bond acceptors (Lipinski definition) is 4. The second-order valence-corrected chi connectivity index (χ2v) is 9.42. The molecule has 0 spiro atoms. The van der Waals surface area contributed by atoms with Crippen molar-refractivity contribution in [3.63, 3.8) is 0 Å². The third kappa shape index (κ3) is 3.47. The van der Waals surface area contributed by atoms with Crippen molar-refractivity contribution in [1.29, 1.82) is 0 Å². The van der Waals surface area contributed by atoms with Gasteiger partial charge in [-0.2, -0.15) is 4.98 Å². The molecule has 1 aliphatic heterocycles. The first-order valence-corrected chi connectivity index (χ1v) is 11.4. The molecule has 0 amide bonds. The maximum atomic E-state index is 13.6. The summed E-state index contributed by atoms with van der Waals surface area (Å²) in [6, 6.07) is 13.7. The van der Waals surface area contributed by atoms with Gasteiger partial charge < -0.3 is 9.47 Å². The predicted molar refractivity (Wildman–Crippen MR) is 132 cm³/mol. The standard InChI is InChI=1S/C25H26ClN5O2/c1-15-7-5-8-18(11-15)14-31-23(32)21-22(28(4)25(31)33)27-24-29(12-16(2)13-30(21)24)20-10-6-9-19(26)17(20)3/h5-11,16H,12-14H2,1-4H3/t16-/m1/s1. The Hall–Kier alpha value is -3.32. The second kappa shape index (κ2) is 7.92. The van der Waals surface area contributed by atoms with Gasteiger partial charge in [0.25, 0.3) is 5.56 Å². The molecule has 0 fully saturated rings. The summed E-state index contributed by atoms with van der Waals surface area (Å²) in [5.41, 5.74) is 4.08. The topological polar surface area (TPSA) is 65.1 Å². The lowest BCUT2D eigenvalue weighted by molar-refractivity contribution is 0.457. The molecular formula is C25H26ClN5O2. The van der Waals surface area contributed by atoms with Gasteiger partial charge in [0.15, 0.2) is 11.2 Å². The molecule has 1 aliphatic rings. The van der Waals surface area contributed by atoms with Crippen LogP contribution in [-0.4, -0.2) is 25.2 Å². The lowest BCUT2D eigenvalue weighted by atomic mass is 10.1. The van der Waals surface area contributed by atoms with E-state index in [0.717, 1.165) is 28.9 Å². The number of fused-ring (bicyclic) bond motifs is 3. The molecule has 0 saturated carbocycles. The van der Waals surface area contributed by atoms with Crippen LogP contribution in [0.4, 0.5) is 11.6 Å². The Morgan fingerprint density at radius 2 is 1.85 bits per heavy atom. The average molecular weight is 464 g/mol. The Morgan fingerprint density at radius 1 is 1.09 bits per heavy atom. The summed E-state index contributed by atoms with van der Waals surface area (Å²) in [7, 11) is 1.67. The highest BCUT2D eigenvalue weighted by molar-refractivity contribution is 6.31. The largest absolute Gasteiger partial charge is 0.332 e. The molecule has 0 radical (unpaired) electrons. The minimum absolute atomic E-state index is 0.219. The molecule has 0 saturated heterocycles. The van der Waals surface area contributed by atoms with Gasteiger partial charge in [0.05, 0.1) is 6.54 Å². The predicted octanol–water partition coefficient (Wildman–Crippen LogP) is 4.00. The first kappa shape index (κ1) is 21.5. The molecule has 4 aromatic rings. The van der Waals surface area contributed by atoms with Crippen LogP contribution in [-0.2, 0) is 20.1 Å². The van der Waals surface area contributed by atoms with Crippen LogP contribution in [0.5, 0.6) is 0 Å². The van der Waals surface area contributed by atoms with Crippen molar-refractivity contribution in [3.05, 3.63) is 85.0 Å². The van der Waals surface area contributed by atoms with Gasteiger partial charge in [-0.15, -0.1) is 0 Å². The molecule has 2 aromatic heterocycles. The monoisotopic (exact) mass is 463 g/mol. The van der Waals surface area contributed by atoms with E-state index in [1.54, 1.807) is 7.05 Å². The van der Waals surface area contributed by atoms with Gasteiger partial charge in [0.1, 0.15) is 0 Å². The van der Waals surface area contributed by atoms with Crippen LogP contribution < -0.4 is 16.1 Å². The fraction of sp³-hybridized carbons (Fsp3) is 0.320. The van der Waals surface area contributed by atoms with Crippen LogP contribution in [0, 0.1) is 19.8 Å². The average Bonchev–Trinajstić information content (AvgIpc) is 3.16. The second-order valence-electron chi connectivity index (χ2n) is 9.02. The van der Waals surface area contributed by atoms with Gasteiger partial charge in [0, 0.05) is 30.8 Å². The van der Waals surface area contributed by atoms with Crippen molar-refractivity contribution in [1.82, 2.24) is 18.7 Å². The molecule has 170 valence electrons. The van der Waals surface area contributed by atoms with Crippen LogP contribution in [0.1, 0.15) is 23.6 Å². The summed E-state index contributed by atoms with van der Waals surface area (Å²) >= 11 is 6.40. The zero-order valence-corrected chi connectivity index (χ0v) is 19.9. The molecular weight excluding hydrogens is 438 g/mol. The number of aryl methyl sites for hydroxylation is 2. The number of nitrogens with zero attached hydrogens (tertiary/aromatic N) is 5. The van der Waals surface area contributed by atoms with Gasteiger partial charge in [-0.1, -0.05) is 54.4 Å². The van der Waals surface area contributed by atoms with Crippen LogP contribution in [0.25, 0.3) is 11.2 Å². The number of anilines is 2. The molecule has 0 unspecified atom stereocenters. The molecule has 0 aliphatic carbocycles. The molecule has 2 aromatic carbocycles. The first-order valence-electron chi connectivity index (χ1n) is 11.0. The number of halogens is 1. The fourth-order valence-electron chi connectivity index (χ4n) is 4.73. The van der Waals surface area contributed by atoms with Crippen molar-refractivity contribution in [3.8, 4) is 0 Å². The first-order chi connectivity index (χ1) is 15.8. The molecule has 8 heteroatoms. The molecule has 1 atom stereocenters. The molecule has 5 rings (SSSR count). The minimum atomic E-state index is -0.372. The maximum Gasteiger partial charge on any atom is 0.332 e. The van der Waals surface area contributed by atoms with E-state index in [0.29, 0.717) is 28.7 Å². The van der Waals surface area contributed by atoms with Crippen LogP contribution in [0.2, 0.25) is 5.02 Å². The van der Waals surface area contributed by atoms with Gasteiger partial charge >= 0.3 is 5.69 Å². The van der Waals surface area contributed by atoms with E-state index in [1.807, 2.05) is 60.9 Å². The summed E-state index contributed by atoms with van der Waals surface area (Å²) in [6.45, 7) is 7.74. The number of aromatic nitrogens is 4. The lowest BCUT2D eigenvalue weighted by Crippen LogP contribution is -2.40. The number of rotatable bonds is 3. The summed E-state index contributed by atoms with van der Waals surface area (Å²) in [5.74, 6) is 0.934. The van der Waals surface area contributed by atoms with Gasteiger partial charge in [-0.05, 0) is 43.0 Å². The summed E-state index contributed by atoms with van der Waals surface area (Å²) < 4.78 is 4.74. The van der Waals surface area contributed by atoms with Crippen LogP contribution in [0.3, 0.4) is 0 Å². The van der Waals surface area contributed by atoms with E-state index in [4.69, 9.17) is 16.6 Å². The Kier molecular flexibility index (Phi) is 5.16. The molecule has 33 heavy (non-hydrogen) atoms. The Morgan fingerprint density at radius 3 is 2.61 bits per heavy atom. The highest BCUT2D eigenvalue weighted by Gasteiger charge is 2.30. The third-order valence-corrected chi connectivity index (χ3v) is 6.80. The summed E-state index contributed by atoms with van der Waals surface area (Å²) in [4.78, 5) is 33.7. The van der Waals surface area contributed by atoms with Crippen molar-refractivity contribution < 1.29 is 0 Å². The van der Waals surface area contributed by atoms with Gasteiger partial charge in [-0.3, -0.25) is 13.9 Å². The Labute approximate surface area is 196 Å². The van der Waals surface area contributed by atoms with E-state index < -0.39 is 0 Å². The smallest absolute Gasteiger partial charge is 0.311 e. The number of benzene rings is 2. The van der Waals surface area contributed by atoms with Crippen molar-refractivity contribution in [2.45, 2.75) is 33.9 Å². The van der Waals surface area contributed by atoms with E-state index in [1.165, 1.54) is 9.13 Å². The maximum absolute atomic E-state index is 13.6. The zero-order chi connectivity index (χ0) is 23.4.